The van der Waals surface area contributed by atoms with Crippen molar-refractivity contribution in [3.8, 4) is 11.5 Å². The number of carbonyl (C=O) groups excluding carboxylic acids is 3. The van der Waals surface area contributed by atoms with Gasteiger partial charge >= 0.3 is 11.9 Å². The van der Waals surface area contributed by atoms with Crippen molar-refractivity contribution in [3.63, 3.8) is 0 Å². The number of carbonyl (C=O) groups is 3. The van der Waals surface area contributed by atoms with Crippen molar-refractivity contribution in [3.05, 3.63) is 53.1 Å². The Bertz CT molecular complexity index is 1060. The average Bonchev–Trinajstić information content (AvgIpc) is 2.78. The van der Waals surface area contributed by atoms with Gasteiger partial charge in [0.2, 0.25) is 5.75 Å². The van der Waals surface area contributed by atoms with E-state index < -0.39 is 35.9 Å². The molecular weight excluding hydrogens is 443 g/mol. The van der Waals surface area contributed by atoms with E-state index in [1.807, 2.05) is 6.92 Å². The molecule has 34 heavy (non-hydrogen) atoms. The summed E-state index contributed by atoms with van der Waals surface area (Å²) in [4.78, 5) is 41.6. The highest BCUT2D eigenvalue weighted by Gasteiger charge is 2.28. The van der Waals surface area contributed by atoms with Gasteiger partial charge in [-0.05, 0) is 44.0 Å². The minimum absolute atomic E-state index is 0.129. The maximum atomic E-state index is 13.4. The Morgan fingerprint density at radius 2 is 1.71 bits per heavy atom. The van der Waals surface area contributed by atoms with Crippen LogP contribution in [0.1, 0.15) is 62.2 Å². The van der Waals surface area contributed by atoms with Gasteiger partial charge in [-0.1, -0.05) is 26.8 Å². The molecule has 0 aliphatic heterocycles. The van der Waals surface area contributed by atoms with Crippen molar-refractivity contribution < 1.29 is 33.0 Å². The molecule has 2 rings (SSSR count). The van der Waals surface area contributed by atoms with Crippen molar-refractivity contribution >= 4 is 17.8 Å². The number of nitrogens with one attached hydrogen (secondary N) is 1. The SMILES string of the molecule is COc1ccnc(C(=O)N[C@@H](C)C(=O)OC(C)C(C)c2ccc(F)cc2C)c1OC(=O)C(C)C. The molecule has 0 bridgehead atoms. The molecule has 0 spiro atoms. The Labute approximate surface area is 198 Å². The molecule has 0 aliphatic carbocycles. The molecule has 184 valence electrons. The van der Waals surface area contributed by atoms with Crippen LogP contribution in [0.25, 0.3) is 0 Å². The van der Waals surface area contributed by atoms with Crippen LogP contribution in [-0.4, -0.2) is 42.1 Å². The molecule has 8 nitrogen and oxygen atoms in total. The van der Waals surface area contributed by atoms with Crippen LogP contribution in [0.4, 0.5) is 4.39 Å². The first kappa shape index (κ1) is 26.8. The highest BCUT2D eigenvalue weighted by atomic mass is 19.1. The number of rotatable bonds is 9. The van der Waals surface area contributed by atoms with E-state index in [9.17, 15) is 18.8 Å². The largest absolute Gasteiger partial charge is 0.493 e. The number of nitrogens with zero attached hydrogens (tertiary/aromatic N) is 1. The minimum atomic E-state index is -1.02. The Balaban J connectivity index is 2.11. The fourth-order valence-electron chi connectivity index (χ4n) is 3.18. The Morgan fingerprint density at radius 1 is 1.03 bits per heavy atom. The lowest BCUT2D eigenvalue weighted by atomic mass is 9.92. The number of methoxy groups -OCH3 is 1. The predicted molar refractivity (Wildman–Crippen MR) is 123 cm³/mol. The van der Waals surface area contributed by atoms with E-state index in [-0.39, 0.29) is 28.9 Å². The molecular formula is C25H31FN2O6. The Morgan fingerprint density at radius 3 is 2.29 bits per heavy atom. The van der Waals surface area contributed by atoms with E-state index >= 15 is 0 Å². The molecule has 0 aliphatic rings. The lowest BCUT2D eigenvalue weighted by Gasteiger charge is -2.24. The zero-order chi connectivity index (χ0) is 25.6. The van der Waals surface area contributed by atoms with Crippen molar-refractivity contribution in [1.82, 2.24) is 10.3 Å². The summed E-state index contributed by atoms with van der Waals surface area (Å²) in [6, 6.07) is 4.89. The number of hydrogen-bond donors (Lipinski definition) is 1. The number of pyridine rings is 1. The molecule has 1 N–H and O–H groups in total. The molecule has 9 heteroatoms. The van der Waals surface area contributed by atoms with Crippen molar-refractivity contribution in [2.45, 2.75) is 59.6 Å². The number of aromatic nitrogens is 1. The maximum Gasteiger partial charge on any atom is 0.328 e. The summed E-state index contributed by atoms with van der Waals surface area (Å²) >= 11 is 0. The highest BCUT2D eigenvalue weighted by molar-refractivity contribution is 5.98. The topological polar surface area (TPSA) is 104 Å². The third kappa shape index (κ3) is 6.52. The predicted octanol–water partition coefficient (Wildman–Crippen LogP) is 3.95. The van der Waals surface area contributed by atoms with Crippen LogP contribution in [0, 0.1) is 18.7 Å². The van der Waals surface area contributed by atoms with Gasteiger partial charge in [-0.3, -0.25) is 9.59 Å². The monoisotopic (exact) mass is 474 g/mol. The summed E-state index contributed by atoms with van der Waals surface area (Å²) < 4.78 is 29.5. The van der Waals surface area contributed by atoms with Crippen LogP contribution in [0.3, 0.4) is 0 Å². The number of benzene rings is 1. The molecule has 3 atom stereocenters. The summed E-state index contributed by atoms with van der Waals surface area (Å²) in [7, 11) is 1.37. The van der Waals surface area contributed by atoms with Gasteiger partial charge in [0.05, 0.1) is 13.0 Å². The molecule has 1 aromatic heterocycles. The third-order valence-electron chi connectivity index (χ3n) is 5.41. The fourth-order valence-corrected chi connectivity index (χ4v) is 3.18. The second-order valence-corrected chi connectivity index (χ2v) is 8.39. The van der Waals surface area contributed by atoms with Gasteiger partial charge in [0.1, 0.15) is 18.0 Å². The Kier molecular flexibility index (Phi) is 9.11. The van der Waals surface area contributed by atoms with Gasteiger partial charge in [0.25, 0.3) is 5.91 Å². The lowest BCUT2D eigenvalue weighted by molar-refractivity contribution is -0.151. The lowest BCUT2D eigenvalue weighted by Crippen LogP contribution is -2.41. The van der Waals surface area contributed by atoms with Crippen LogP contribution < -0.4 is 14.8 Å². The number of aryl methyl sites for hydroxylation is 1. The number of amides is 1. The molecule has 0 saturated carbocycles. The highest BCUT2D eigenvalue weighted by Crippen LogP contribution is 2.30. The van der Waals surface area contributed by atoms with Crippen molar-refractivity contribution in [1.29, 1.82) is 0 Å². The first-order chi connectivity index (χ1) is 16.0. The fraction of sp³-hybridized carbons (Fsp3) is 0.440. The number of halogens is 1. The van der Waals surface area contributed by atoms with Crippen molar-refractivity contribution in [2.24, 2.45) is 5.92 Å². The molecule has 1 heterocycles. The van der Waals surface area contributed by atoms with E-state index in [0.29, 0.717) is 0 Å². The molecule has 2 unspecified atom stereocenters. The molecule has 1 aromatic carbocycles. The van der Waals surface area contributed by atoms with Crippen LogP contribution >= 0.6 is 0 Å². The maximum absolute atomic E-state index is 13.4. The normalized spacial score (nSPS) is 13.6. The molecule has 2 aromatic rings. The Hall–Kier alpha value is -3.49. The van der Waals surface area contributed by atoms with Crippen LogP contribution in [0.5, 0.6) is 11.5 Å². The average molecular weight is 475 g/mol. The summed E-state index contributed by atoms with van der Waals surface area (Å²) in [6.07, 6.45) is 0.798. The first-order valence-corrected chi connectivity index (χ1v) is 11.0. The van der Waals surface area contributed by atoms with Crippen LogP contribution in [0.15, 0.2) is 30.5 Å². The van der Waals surface area contributed by atoms with Gasteiger partial charge in [-0.25, -0.2) is 14.2 Å². The summed E-state index contributed by atoms with van der Waals surface area (Å²) in [5.74, 6) is -2.90. The van der Waals surface area contributed by atoms with Gasteiger partial charge in [-0.15, -0.1) is 0 Å². The standard InChI is InChI=1S/C25H31FN2O6/c1-13(2)24(30)34-22-20(32-7)10-11-27-21(22)23(29)28-16(5)25(31)33-17(6)15(4)19-9-8-18(26)12-14(19)3/h8-13,15-17H,1-7H3,(H,28,29)/t15?,16-,17?/m0/s1. The van der Waals surface area contributed by atoms with E-state index in [1.165, 1.54) is 38.4 Å². The molecule has 0 fully saturated rings. The van der Waals surface area contributed by atoms with Gasteiger partial charge in [0, 0.05) is 18.2 Å². The van der Waals surface area contributed by atoms with E-state index in [2.05, 4.69) is 10.3 Å². The van der Waals surface area contributed by atoms with E-state index in [1.54, 1.807) is 33.8 Å². The minimum Gasteiger partial charge on any atom is -0.493 e. The third-order valence-corrected chi connectivity index (χ3v) is 5.41. The van der Waals surface area contributed by atoms with Crippen molar-refractivity contribution in [2.75, 3.05) is 7.11 Å². The molecule has 0 saturated heterocycles. The quantitative estimate of drug-likeness (QED) is 0.549. The summed E-state index contributed by atoms with van der Waals surface area (Å²) in [6.45, 7) is 10.2. The second kappa shape index (κ2) is 11.6. The first-order valence-electron chi connectivity index (χ1n) is 11.0. The molecule has 0 radical (unpaired) electrons. The summed E-state index contributed by atoms with van der Waals surface area (Å²) in [5, 5.41) is 2.52. The number of ether oxygens (including phenoxy) is 3. The second-order valence-electron chi connectivity index (χ2n) is 8.39. The number of hydrogen-bond acceptors (Lipinski definition) is 7. The van der Waals surface area contributed by atoms with Crippen LogP contribution in [0.2, 0.25) is 0 Å². The van der Waals surface area contributed by atoms with Gasteiger partial charge in [0.15, 0.2) is 11.4 Å². The van der Waals surface area contributed by atoms with E-state index in [4.69, 9.17) is 14.2 Å². The zero-order valence-corrected chi connectivity index (χ0v) is 20.5. The van der Waals surface area contributed by atoms with Crippen LogP contribution in [-0.2, 0) is 14.3 Å². The van der Waals surface area contributed by atoms with E-state index in [0.717, 1.165) is 11.1 Å². The summed E-state index contributed by atoms with van der Waals surface area (Å²) in [5.41, 5.74) is 1.41. The molecule has 1 amide bonds. The number of esters is 2. The zero-order valence-electron chi connectivity index (χ0n) is 20.5. The van der Waals surface area contributed by atoms with Gasteiger partial charge in [-0.2, -0.15) is 0 Å². The smallest absolute Gasteiger partial charge is 0.328 e. The van der Waals surface area contributed by atoms with Gasteiger partial charge < -0.3 is 19.5 Å².